The predicted molar refractivity (Wildman–Crippen MR) is 121 cm³/mol. The second-order valence-corrected chi connectivity index (χ2v) is 8.31. The smallest absolute Gasteiger partial charge is 0.234 e. The maximum Gasteiger partial charge on any atom is 0.256 e. The van der Waals surface area contributed by atoms with Crippen LogP contribution in [0.1, 0.15) is 102 Å². The second kappa shape index (κ2) is 14.4. The third-order valence-corrected chi connectivity index (χ3v) is 5.76. The molecule has 0 radical (unpaired) electrons. The molecule has 1 heterocycles. The minimum Gasteiger partial charge on any atom is -0.234 e. The number of hydrogen-bond donors (Lipinski definition) is 0. The van der Waals surface area contributed by atoms with Gasteiger partial charge < -0.3 is 0 Å². The Morgan fingerprint density at radius 2 is 1.32 bits per heavy atom. The second-order valence-electron chi connectivity index (χ2n) is 8.31. The van der Waals surface area contributed by atoms with Crippen LogP contribution in [-0.2, 0) is 19.5 Å². The molecule has 1 aromatic carbocycles. The van der Waals surface area contributed by atoms with Crippen molar-refractivity contribution in [3.63, 3.8) is 0 Å². The normalized spacial score (nSPS) is 11.2. The molecule has 0 saturated heterocycles. The van der Waals surface area contributed by atoms with Gasteiger partial charge in [-0.05, 0) is 24.8 Å². The van der Waals surface area contributed by atoms with Crippen LogP contribution < -0.4 is 4.57 Å². The molecule has 0 amide bonds. The van der Waals surface area contributed by atoms with E-state index in [4.69, 9.17) is 0 Å². The molecule has 2 nitrogen and oxygen atoms in total. The van der Waals surface area contributed by atoms with E-state index in [9.17, 15) is 0 Å². The van der Waals surface area contributed by atoms with Gasteiger partial charge in [-0.25, -0.2) is 9.13 Å². The first kappa shape index (κ1) is 22.7. The lowest BCUT2D eigenvalue weighted by Gasteiger charge is -2.05. The third kappa shape index (κ3) is 8.63. The number of nitrogens with zero attached hydrogens (tertiary/aromatic N) is 2. The largest absolute Gasteiger partial charge is 0.256 e. The highest BCUT2D eigenvalue weighted by atomic mass is 15.1. The van der Waals surface area contributed by atoms with Gasteiger partial charge in [0.1, 0.15) is 18.9 Å². The zero-order valence-electron chi connectivity index (χ0n) is 18.5. The quantitative estimate of drug-likeness (QED) is 0.216. The third-order valence-electron chi connectivity index (χ3n) is 5.76. The molecule has 0 bridgehead atoms. The Balaban J connectivity index is 1.65. The fourth-order valence-corrected chi connectivity index (χ4v) is 4.08. The zero-order valence-corrected chi connectivity index (χ0v) is 18.5. The Morgan fingerprint density at radius 3 is 1.93 bits per heavy atom. The van der Waals surface area contributed by atoms with E-state index in [0.29, 0.717) is 0 Å². The molecule has 0 unspecified atom stereocenters. The number of benzene rings is 1. The van der Waals surface area contributed by atoms with Crippen molar-refractivity contribution in [2.24, 2.45) is 0 Å². The highest BCUT2D eigenvalue weighted by molar-refractivity contribution is 5.13. The highest BCUT2D eigenvalue weighted by Crippen LogP contribution is 2.12. The average Bonchev–Trinajstić information content (AvgIpc) is 3.08. The molecule has 0 atom stereocenters. The van der Waals surface area contributed by atoms with Crippen LogP contribution in [0.2, 0.25) is 0 Å². The van der Waals surface area contributed by atoms with E-state index in [-0.39, 0.29) is 0 Å². The first-order valence-electron chi connectivity index (χ1n) is 12.0. The zero-order chi connectivity index (χ0) is 19.9. The summed E-state index contributed by atoms with van der Waals surface area (Å²) in [6, 6.07) is 10.8. The molecule has 0 aliphatic heterocycles. The average molecular weight is 384 g/mol. The molecule has 156 valence electrons. The predicted octanol–water partition coefficient (Wildman–Crippen LogP) is 7.09. The van der Waals surface area contributed by atoms with Crippen molar-refractivity contribution in [2.75, 3.05) is 0 Å². The molecule has 0 spiro atoms. The molecule has 2 rings (SSSR count). The van der Waals surface area contributed by atoms with Gasteiger partial charge in [0.25, 0.3) is 5.82 Å². The molecule has 0 N–H and O–H groups in total. The van der Waals surface area contributed by atoms with Crippen molar-refractivity contribution in [1.82, 2.24) is 4.57 Å². The van der Waals surface area contributed by atoms with E-state index in [1.165, 1.54) is 95.0 Å². The molecule has 2 heteroatoms. The SMILES string of the molecule is CCCCCCCCCCCCCn1cc[n+](Cc2ccccc2)c1CCC. The van der Waals surface area contributed by atoms with E-state index in [1.807, 2.05) is 0 Å². The van der Waals surface area contributed by atoms with Crippen molar-refractivity contribution in [3.8, 4) is 0 Å². The van der Waals surface area contributed by atoms with Gasteiger partial charge >= 0.3 is 0 Å². The first-order valence-corrected chi connectivity index (χ1v) is 12.0. The number of imidazole rings is 1. The van der Waals surface area contributed by atoms with Gasteiger partial charge in [-0.15, -0.1) is 0 Å². The number of aryl methyl sites for hydroxylation is 1. The molecular formula is C26H43N2+. The Kier molecular flexibility index (Phi) is 11.7. The van der Waals surface area contributed by atoms with Crippen LogP contribution in [-0.4, -0.2) is 4.57 Å². The lowest BCUT2D eigenvalue weighted by atomic mass is 10.1. The standard InChI is InChI=1S/C26H43N2/c1-3-5-6-7-8-9-10-11-12-13-17-21-27-22-23-28(26(27)18-4-2)24-25-19-15-14-16-20-25/h14-16,19-20,22-23H,3-13,17-18,21,24H2,1-2H3/q+1. The van der Waals surface area contributed by atoms with Gasteiger partial charge in [0, 0.05) is 6.42 Å². The number of unbranched alkanes of at least 4 members (excludes halogenated alkanes) is 10. The van der Waals surface area contributed by atoms with E-state index in [0.717, 1.165) is 13.0 Å². The Bertz CT molecular complexity index is 615. The van der Waals surface area contributed by atoms with Crippen LogP contribution in [0.25, 0.3) is 0 Å². The van der Waals surface area contributed by atoms with Crippen molar-refractivity contribution < 1.29 is 4.57 Å². The molecule has 0 fully saturated rings. The van der Waals surface area contributed by atoms with Gasteiger partial charge in [0.15, 0.2) is 0 Å². The van der Waals surface area contributed by atoms with E-state index >= 15 is 0 Å². The van der Waals surface area contributed by atoms with Crippen molar-refractivity contribution in [1.29, 1.82) is 0 Å². The van der Waals surface area contributed by atoms with Gasteiger partial charge in [0.05, 0.1) is 6.54 Å². The van der Waals surface area contributed by atoms with E-state index in [2.05, 4.69) is 65.7 Å². The van der Waals surface area contributed by atoms with Gasteiger partial charge in [0.2, 0.25) is 0 Å². The summed E-state index contributed by atoms with van der Waals surface area (Å²) in [5.41, 5.74) is 1.39. The molecule has 0 saturated carbocycles. The van der Waals surface area contributed by atoms with Crippen LogP contribution >= 0.6 is 0 Å². The summed E-state index contributed by atoms with van der Waals surface area (Å²) in [5, 5.41) is 0. The lowest BCUT2D eigenvalue weighted by Crippen LogP contribution is -2.37. The van der Waals surface area contributed by atoms with E-state index in [1.54, 1.807) is 0 Å². The van der Waals surface area contributed by atoms with Crippen LogP contribution in [0.4, 0.5) is 0 Å². The van der Waals surface area contributed by atoms with Gasteiger partial charge in [-0.2, -0.15) is 0 Å². The van der Waals surface area contributed by atoms with Gasteiger partial charge in [-0.1, -0.05) is 102 Å². The van der Waals surface area contributed by atoms with Crippen LogP contribution in [0.15, 0.2) is 42.7 Å². The van der Waals surface area contributed by atoms with Crippen molar-refractivity contribution in [2.45, 2.75) is 110 Å². The fraction of sp³-hybridized carbons (Fsp3) is 0.654. The van der Waals surface area contributed by atoms with E-state index < -0.39 is 0 Å². The molecule has 2 aromatic rings. The van der Waals surface area contributed by atoms with Crippen LogP contribution in [0.3, 0.4) is 0 Å². The summed E-state index contributed by atoms with van der Waals surface area (Å²) in [7, 11) is 0. The molecule has 0 aliphatic rings. The topological polar surface area (TPSA) is 8.81 Å². The summed E-state index contributed by atoms with van der Waals surface area (Å²) in [6.45, 7) is 6.74. The molecular weight excluding hydrogens is 340 g/mol. The first-order chi connectivity index (χ1) is 13.8. The van der Waals surface area contributed by atoms with Crippen molar-refractivity contribution >= 4 is 0 Å². The fourth-order valence-electron chi connectivity index (χ4n) is 4.08. The maximum atomic E-state index is 2.50. The summed E-state index contributed by atoms with van der Waals surface area (Å²) < 4.78 is 4.94. The lowest BCUT2D eigenvalue weighted by molar-refractivity contribution is -0.695. The number of aromatic nitrogens is 2. The minimum atomic E-state index is 0.988. The highest BCUT2D eigenvalue weighted by Gasteiger charge is 2.16. The Labute approximate surface area is 174 Å². The van der Waals surface area contributed by atoms with Crippen LogP contribution in [0.5, 0.6) is 0 Å². The molecule has 28 heavy (non-hydrogen) atoms. The number of rotatable bonds is 16. The monoisotopic (exact) mass is 383 g/mol. The molecule has 0 aliphatic carbocycles. The summed E-state index contributed by atoms with van der Waals surface area (Å²) in [6.07, 6.45) is 22.5. The summed E-state index contributed by atoms with van der Waals surface area (Å²) in [4.78, 5) is 0. The summed E-state index contributed by atoms with van der Waals surface area (Å²) in [5.74, 6) is 1.48. The van der Waals surface area contributed by atoms with Gasteiger partial charge in [-0.3, -0.25) is 0 Å². The summed E-state index contributed by atoms with van der Waals surface area (Å²) >= 11 is 0. The molecule has 1 aromatic heterocycles. The van der Waals surface area contributed by atoms with Crippen molar-refractivity contribution in [3.05, 3.63) is 54.1 Å². The van der Waals surface area contributed by atoms with Crippen LogP contribution in [0, 0.1) is 0 Å². The minimum absolute atomic E-state index is 0.988. The number of hydrogen-bond acceptors (Lipinski definition) is 0. The Morgan fingerprint density at radius 1 is 0.714 bits per heavy atom. The maximum absolute atomic E-state index is 2.50. The Hall–Kier alpha value is -1.57.